The van der Waals surface area contributed by atoms with Crippen molar-refractivity contribution in [2.24, 2.45) is 10.5 Å². The van der Waals surface area contributed by atoms with Gasteiger partial charge in [-0.2, -0.15) is 9.78 Å². The molecular weight excluding hydrogens is 312 g/mol. The number of hydrogen-bond donors (Lipinski definition) is 0. The van der Waals surface area contributed by atoms with Crippen molar-refractivity contribution >= 4 is 17.5 Å². The van der Waals surface area contributed by atoms with Crippen LogP contribution in [-0.4, -0.2) is 40.6 Å². The van der Waals surface area contributed by atoms with E-state index in [1.807, 2.05) is 22.9 Å². The third kappa shape index (κ3) is 2.93. The molecule has 1 aliphatic rings. The fourth-order valence-electron chi connectivity index (χ4n) is 2.25. The predicted molar refractivity (Wildman–Crippen MR) is 91.6 cm³/mol. The van der Waals surface area contributed by atoms with E-state index < -0.39 is 0 Å². The van der Waals surface area contributed by atoms with Crippen molar-refractivity contribution in [3.05, 3.63) is 18.2 Å². The van der Waals surface area contributed by atoms with Gasteiger partial charge in [-0.05, 0) is 18.2 Å². The molecule has 1 aromatic carbocycles. The van der Waals surface area contributed by atoms with Gasteiger partial charge in [-0.25, -0.2) is 0 Å². The minimum absolute atomic E-state index is 0.0177. The number of thioether (sulfide) groups is 1. The highest BCUT2D eigenvalue weighted by Gasteiger charge is 2.26. The first-order chi connectivity index (χ1) is 10.9. The first-order valence-electron chi connectivity index (χ1n) is 7.33. The second-order valence-corrected chi connectivity index (χ2v) is 7.22. The maximum atomic E-state index is 5.37. The number of nitrogens with zero attached hydrogens (tertiary/aromatic N) is 4. The van der Waals surface area contributed by atoms with Crippen LogP contribution in [-0.2, 0) is 0 Å². The van der Waals surface area contributed by atoms with Crippen LogP contribution in [0.1, 0.15) is 20.8 Å². The molecule has 0 spiro atoms. The van der Waals surface area contributed by atoms with Gasteiger partial charge in [0.15, 0.2) is 17.3 Å². The lowest BCUT2D eigenvalue weighted by molar-refractivity contribution is 0.355. The molecule has 23 heavy (non-hydrogen) atoms. The van der Waals surface area contributed by atoms with Gasteiger partial charge in [0, 0.05) is 16.7 Å². The van der Waals surface area contributed by atoms with E-state index in [1.54, 1.807) is 26.0 Å². The minimum Gasteiger partial charge on any atom is -0.493 e. The molecule has 0 N–H and O–H groups in total. The molecule has 0 saturated carbocycles. The molecule has 7 heteroatoms. The molecule has 0 unspecified atom stereocenters. The van der Waals surface area contributed by atoms with Crippen molar-refractivity contribution in [3.63, 3.8) is 0 Å². The van der Waals surface area contributed by atoms with Gasteiger partial charge in [-0.15, -0.1) is 10.2 Å². The van der Waals surface area contributed by atoms with E-state index in [0.717, 1.165) is 22.2 Å². The zero-order valence-corrected chi connectivity index (χ0v) is 14.8. The number of benzene rings is 1. The van der Waals surface area contributed by atoms with Gasteiger partial charge in [0.05, 0.1) is 19.9 Å². The molecule has 1 aliphatic heterocycles. The molecule has 2 heterocycles. The summed E-state index contributed by atoms with van der Waals surface area (Å²) in [5.41, 5.74) is 2.03. The third-order valence-electron chi connectivity index (χ3n) is 3.68. The van der Waals surface area contributed by atoms with E-state index in [9.17, 15) is 0 Å². The predicted octanol–water partition coefficient (Wildman–Crippen LogP) is 3.32. The van der Waals surface area contributed by atoms with Crippen LogP contribution in [0.25, 0.3) is 11.4 Å². The number of ether oxygens (including phenoxy) is 2. The van der Waals surface area contributed by atoms with Gasteiger partial charge >= 0.3 is 0 Å². The lowest BCUT2D eigenvalue weighted by atomic mass is 9.91. The SMILES string of the molecule is COc1ccc(-c2nnc3n2N=C(C(C)(C)C)CS3)cc1OC. The summed E-state index contributed by atoms with van der Waals surface area (Å²) < 4.78 is 12.5. The summed E-state index contributed by atoms with van der Waals surface area (Å²) in [5.74, 6) is 2.89. The molecule has 0 atom stereocenters. The minimum atomic E-state index is 0.0177. The molecule has 0 radical (unpaired) electrons. The summed E-state index contributed by atoms with van der Waals surface area (Å²) in [6.45, 7) is 6.49. The van der Waals surface area contributed by atoms with Gasteiger partial charge in [0.25, 0.3) is 0 Å². The summed E-state index contributed by atoms with van der Waals surface area (Å²) in [6.07, 6.45) is 0. The molecule has 1 aromatic heterocycles. The van der Waals surface area contributed by atoms with Crippen LogP contribution >= 0.6 is 11.8 Å². The fraction of sp³-hybridized carbons (Fsp3) is 0.438. The lowest BCUT2D eigenvalue weighted by Crippen LogP contribution is -2.26. The molecule has 0 bridgehead atoms. The average Bonchev–Trinajstić information content (AvgIpc) is 2.96. The molecule has 3 rings (SSSR count). The Bertz CT molecular complexity index is 762. The van der Waals surface area contributed by atoms with Gasteiger partial charge in [-0.1, -0.05) is 32.5 Å². The Morgan fingerprint density at radius 3 is 2.48 bits per heavy atom. The maximum absolute atomic E-state index is 5.37. The topological polar surface area (TPSA) is 61.5 Å². The number of aromatic nitrogens is 3. The summed E-state index contributed by atoms with van der Waals surface area (Å²) in [6, 6.07) is 5.69. The van der Waals surface area contributed by atoms with E-state index in [2.05, 4.69) is 31.0 Å². The highest BCUT2D eigenvalue weighted by Crippen LogP contribution is 2.35. The highest BCUT2D eigenvalue weighted by atomic mass is 32.2. The van der Waals surface area contributed by atoms with E-state index in [0.29, 0.717) is 17.3 Å². The second-order valence-electron chi connectivity index (χ2n) is 6.27. The highest BCUT2D eigenvalue weighted by molar-refractivity contribution is 7.99. The van der Waals surface area contributed by atoms with E-state index in [4.69, 9.17) is 14.6 Å². The van der Waals surface area contributed by atoms with Crippen molar-refractivity contribution in [1.29, 1.82) is 0 Å². The van der Waals surface area contributed by atoms with Crippen molar-refractivity contribution in [3.8, 4) is 22.9 Å². The molecule has 2 aromatic rings. The number of rotatable bonds is 3. The van der Waals surface area contributed by atoms with E-state index in [1.165, 1.54) is 0 Å². The zero-order chi connectivity index (χ0) is 16.6. The van der Waals surface area contributed by atoms with Gasteiger partial charge < -0.3 is 9.47 Å². The Kier molecular flexibility index (Phi) is 4.06. The van der Waals surface area contributed by atoms with Crippen LogP contribution in [0.3, 0.4) is 0 Å². The monoisotopic (exact) mass is 332 g/mol. The number of methoxy groups -OCH3 is 2. The van der Waals surface area contributed by atoms with Crippen LogP contribution in [0, 0.1) is 5.41 Å². The Hall–Kier alpha value is -2.02. The quantitative estimate of drug-likeness (QED) is 0.863. The Morgan fingerprint density at radius 2 is 1.83 bits per heavy atom. The number of fused-ring (bicyclic) bond motifs is 1. The molecular formula is C16H20N4O2S. The smallest absolute Gasteiger partial charge is 0.212 e. The van der Waals surface area contributed by atoms with Crippen LogP contribution in [0.2, 0.25) is 0 Å². The van der Waals surface area contributed by atoms with Gasteiger partial charge in [-0.3, -0.25) is 0 Å². The summed E-state index contributed by atoms with van der Waals surface area (Å²) in [7, 11) is 3.24. The average molecular weight is 332 g/mol. The third-order valence-corrected chi connectivity index (χ3v) is 4.61. The van der Waals surface area contributed by atoms with Crippen LogP contribution in [0.15, 0.2) is 28.5 Å². The fourth-order valence-corrected chi connectivity index (χ4v) is 3.35. The standard InChI is InChI=1S/C16H20N4O2S/c1-16(2,3)13-9-23-15-18-17-14(20(15)19-13)10-6-7-11(21-4)12(8-10)22-5/h6-8H,9H2,1-5H3. The van der Waals surface area contributed by atoms with Crippen LogP contribution < -0.4 is 9.47 Å². The molecule has 0 aliphatic carbocycles. The van der Waals surface area contributed by atoms with Crippen molar-refractivity contribution < 1.29 is 9.47 Å². The van der Waals surface area contributed by atoms with Crippen LogP contribution in [0.5, 0.6) is 11.5 Å². The Labute approximate surface area is 139 Å². The Balaban J connectivity index is 2.08. The summed E-state index contributed by atoms with van der Waals surface area (Å²) in [5, 5.41) is 14.1. The van der Waals surface area contributed by atoms with Gasteiger partial charge in [0.2, 0.25) is 5.16 Å². The van der Waals surface area contributed by atoms with Crippen LogP contribution in [0.4, 0.5) is 0 Å². The largest absolute Gasteiger partial charge is 0.493 e. The van der Waals surface area contributed by atoms with E-state index in [-0.39, 0.29) is 5.41 Å². The zero-order valence-electron chi connectivity index (χ0n) is 14.0. The summed E-state index contributed by atoms with van der Waals surface area (Å²) >= 11 is 1.66. The van der Waals surface area contributed by atoms with Gasteiger partial charge in [0.1, 0.15) is 0 Å². The summed E-state index contributed by atoms with van der Waals surface area (Å²) in [4.78, 5) is 0. The van der Waals surface area contributed by atoms with Crippen molar-refractivity contribution in [2.75, 3.05) is 20.0 Å². The molecule has 0 fully saturated rings. The molecule has 122 valence electrons. The molecule has 0 amide bonds. The second kappa shape index (κ2) is 5.88. The molecule has 6 nitrogen and oxygen atoms in total. The maximum Gasteiger partial charge on any atom is 0.212 e. The first kappa shape index (κ1) is 15.9. The normalized spacial score (nSPS) is 14.2. The van der Waals surface area contributed by atoms with Crippen molar-refractivity contribution in [2.45, 2.75) is 25.9 Å². The molecule has 0 saturated heterocycles. The number of hydrogen-bond acceptors (Lipinski definition) is 6. The first-order valence-corrected chi connectivity index (χ1v) is 8.31. The lowest BCUT2D eigenvalue weighted by Gasteiger charge is -2.24. The van der Waals surface area contributed by atoms with Crippen molar-refractivity contribution in [1.82, 2.24) is 14.9 Å². The van der Waals surface area contributed by atoms with E-state index >= 15 is 0 Å². The Morgan fingerprint density at radius 1 is 1.09 bits per heavy atom.